The molecule has 6 heteroatoms. The molecule has 0 atom stereocenters. The molecule has 0 aromatic heterocycles. The number of nitrogen functional groups attached to an aromatic ring is 1. The van der Waals surface area contributed by atoms with E-state index in [4.69, 9.17) is 10.5 Å². The van der Waals surface area contributed by atoms with Gasteiger partial charge in [-0.1, -0.05) is 0 Å². The van der Waals surface area contributed by atoms with E-state index in [1.54, 1.807) is 7.11 Å². The van der Waals surface area contributed by atoms with E-state index in [-0.39, 0.29) is 5.92 Å². The summed E-state index contributed by atoms with van der Waals surface area (Å²) < 4.78 is 5.31. The fraction of sp³-hybridized carbons (Fsp3) is 0.611. The molecule has 2 aliphatic rings. The molecule has 0 aliphatic carbocycles. The van der Waals surface area contributed by atoms with Crippen molar-refractivity contribution in [1.82, 2.24) is 9.80 Å². The lowest BCUT2D eigenvalue weighted by atomic mass is 9.94. The van der Waals surface area contributed by atoms with Crippen LogP contribution in [0.5, 0.6) is 5.75 Å². The fourth-order valence-electron chi connectivity index (χ4n) is 3.57. The summed E-state index contributed by atoms with van der Waals surface area (Å²) in [5.74, 6) is 1.22. The molecule has 2 saturated heterocycles. The average molecular weight is 332 g/mol. The second kappa shape index (κ2) is 7.30. The van der Waals surface area contributed by atoms with Gasteiger partial charge in [0.15, 0.2) is 0 Å². The van der Waals surface area contributed by atoms with Crippen LogP contribution in [-0.2, 0) is 4.79 Å². The van der Waals surface area contributed by atoms with Crippen molar-refractivity contribution in [3.8, 4) is 5.75 Å². The van der Waals surface area contributed by atoms with E-state index in [2.05, 4.69) is 16.8 Å². The molecule has 2 N–H and O–H groups in total. The van der Waals surface area contributed by atoms with Gasteiger partial charge < -0.3 is 25.2 Å². The minimum Gasteiger partial charge on any atom is -0.495 e. The molecule has 1 aromatic carbocycles. The van der Waals surface area contributed by atoms with Crippen LogP contribution in [0.2, 0.25) is 0 Å². The predicted molar refractivity (Wildman–Crippen MR) is 96.4 cm³/mol. The maximum Gasteiger partial charge on any atom is 0.225 e. The van der Waals surface area contributed by atoms with E-state index < -0.39 is 0 Å². The van der Waals surface area contributed by atoms with Gasteiger partial charge in [0.05, 0.1) is 12.8 Å². The lowest BCUT2D eigenvalue weighted by Crippen LogP contribution is -2.50. The first-order valence-corrected chi connectivity index (χ1v) is 8.74. The number of ether oxygens (including phenoxy) is 1. The van der Waals surface area contributed by atoms with Gasteiger partial charge in [0.25, 0.3) is 0 Å². The van der Waals surface area contributed by atoms with Gasteiger partial charge in [-0.3, -0.25) is 4.79 Å². The third-order valence-corrected chi connectivity index (χ3v) is 5.24. The molecule has 0 spiro atoms. The molecule has 0 unspecified atom stereocenters. The Hall–Kier alpha value is -1.95. The molecule has 6 nitrogen and oxygen atoms in total. The van der Waals surface area contributed by atoms with Gasteiger partial charge >= 0.3 is 0 Å². The highest BCUT2D eigenvalue weighted by Gasteiger charge is 2.30. The molecule has 132 valence electrons. The molecule has 2 aliphatic heterocycles. The normalized spacial score (nSPS) is 20.2. The Bertz CT molecular complexity index is 576. The minimum absolute atomic E-state index is 0.167. The van der Waals surface area contributed by atoms with E-state index in [9.17, 15) is 4.79 Å². The zero-order valence-corrected chi connectivity index (χ0v) is 14.7. The third-order valence-electron chi connectivity index (χ3n) is 5.24. The van der Waals surface area contributed by atoms with E-state index in [0.29, 0.717) is 17.3 Å². The number of methoxy groups -OCH3 is 1. The molecule has 3 rings (SSSR count). The quantitative estimate of drug-likeness (QED) is 0.845. The smallest absolute Gasteiger partial charge is 0.225 e. The standard InChI is InChI=1S/C18H28N4O2/c1-20-9-11-22(12-10-20)18(23)14-5-7-21(8-6-14)15-3-4-16(19)17(13-15)24-2/h3-4,13-14H,5-12,19H2,1-2H3. The first-order chi connectivity index (χ1) is 11.6. The molecule has 2 fully saturated rings. The van der Waals surface area contributed by atoms with Crippen molar-refractivity contribution in [1.29, 1.82) is 0 Å². The van der Waals surface area contributed by atoms with Crippen molar-refractivity contribution in [2.24, 2.45) is 5.92 Å². The Morgan fingerprint density at radius 1 is 1.12 bits per heavy atom. The number of anilines is 2. The van der Waals surface area contributed by atoms with Crippen LogP contribution in [0.25, 0.3) is 0 Å². The van der Waals surface area contributed by atoms with Crippen molar-refractivity contribution in [2.75, 3.05) is 64.1 Å². The summed E-state index contributed by atoms with van der Waals surface area (Å²) in [6.07, 6.45) is 1.83. The van der Waals surface area contributed by atoms with Crippen molar-refractivity contribution < 1.29 is 9.53 Å². The number of piperazine rings is 1. The van der Waals surface area contributed by atoms with Gasteiger partial charge in [-0.2, -0.15) is 0 Å². The minimum atomic E-state index is 0.167. The fourth-order valence-corrected chi connectivity index (χ4v) is 3.57. The number of piperidine rings is 1. The summed E-state index contributed by atoms with van der Waals surface area (Å²) in [5.41, 5.74) is 7.66. The number of nitrogens with zero attached hydrogens (tertiary/aromatic N) is 3. The predicted octanol–water partition coefficient (Wildman–Crippen LogP) is 1.27. The lowest BCUT2D eigenvalue weighted by molar-refractivity contribution is -0.137. The van der Waals surface area contributed by atoms with Gasteiger partial charge in [-0.05, 0) is 32.0 Å². The Labute approximate surface area is 144 Å². The van der Waals surface area contributed by atoms with Crippen LogP contribution in [0.1, 0.15) is 12.8 Å². The summed E-state index contributed by atoms with van der Waals surface area (Å²) in [7, 11) is 3.75. The summed E-state index contributed by atoms with van der Waals surface area (Å²) >= 11 is 0. The summed E-state index contributed by atoms with van der Waals surface area (Å²) in [5, 5.41) is 0. The topological polar surface area (TPSA) is 62.0 Å². The highest BCUT2D eigenvalue weighted by Crippen LogP contribution is 2.30. The Balaban J connectivity index is 1.56. The average Bonchev–Trinajstić information content (AvgIpc) is 2.62. The molecule has 1 aromatic rings. The number of amides is 1. The zero-order valence-electron chi connectivity index (χ0n) is 14.7. The number of carbonyl (C=O) groups excluding carboxylic acids is 1. The molecule has 0 radical (unpaired) electrons. The summed E-state index contributed by atoms with van der Waals surface area (Å²) in [4.78, 5) is 19.3. The van der Waals surface area contributed by atoms with E-state index in [1.165, 1.54) is 0 Å². The van der Waals surface area contributed by atoms with Crippen LogP contribution in [0.15, 0.2) is 18.2 Å². The van der Waals surface area contributed by atoms with Crippen molar-refractivity contribution >= 4 is 17.3 Å². The maximum absolute atomic E-state index is 12.7. The van der Waals surface area contributed by atoms with Crippen LogP contribution in [0, 0.1) is 5.92 Å². The number of hydrogen-bond acceptors (Lipinski definition) is 5. The number of hydrogen-bond donors (Lipinski definition) is 1. The van der Waals surface area contributed by atoms with E-state index >= 15 is 0 Å². The Morgan fingerprint density at radius 3 is 2.42 bits per heavy atom. The second-order valence-corrected chi connectivity index (χ2v) is 6.82. The highest BCUT2D eigenvalue weighted by atomic mass is 16.5. The van der Waals surface area contributed by atoms with Crippen LogP contribution < -0.4 is 15.4 Å². The molecule has 1 amide bonds. The van der Waals surface area contributed by atoms with Crippen molar-refractivity contribution in [3.63, 3.8) is 0 Å². The van der Waals surface area contributed by atoms with E-state index in [1.807, 2.05) is 23.1 Å². The first kappa shape index (κ1) is 16.9. The van der Waals surface area contributed by atoms with Gasteiger partial charge in [0.1, 0.15) is 5.75 Å². The third kappa shape index (κ3) is 3.59. The molecular formula is C18H28N4O2. The molecule has 0 bridgehead atoms. The molecule has 0 saturated carbocycles. The zero-order chi connectivity index (χ0) is 17.1. The summed E-state index contributed by atoms with van der Waals surface area (Å²) in [6, 6.07) is 5.90. The van der Waals surface area contributed by atoms with Gasteiger partial charge in [-0.15, -0.1) is 0 Å². The highest BCUT2D eigenvalue weighted by molar-refractivity contribution is 5.79. The number of rotatable bonds is 3. The SMILES string of the molecule is COc1cc(N2CCC(C(=O)N3CCN(C)CC3)CC2)ccc1N. The van der Waals surface area contributed by atoms with Crippen molar-refractivity contribution in [3.05, 3.63) is 18.2 Å². The lowest BCUT2D eigenvalue weighted by Gasteiger charge is -2.38. The van der Waals surface area contributed by atoms with Gasteiger partial charge in [-0.25, -0.2) is 0 Å². The van der Waals surface area contributed by atoms with Crippen LogP contribution in [0.3, 0.4) is 0 Å². The molecular weight excluding hydrogens is 304 g/mol. The molecule has 2 heterocycles. The van der Waals surface area contributed by atoms with Gasteiger partial charge in [0.2, 0.25) is 5.91 Å². The molecule has 24 heavy (non-hydrogen) atoms. The van der Waals surface area contributed by atoms with E-state index in [0.717, 1.165) is 57.8 Å². The Morgan fingerprint density at radius 2 is 1.79 bits per heavy atom. The van der Waals surface area contributed by atoms with Crippen LogP contribution in [-0.4, -0.2) is 69.1 Å². The number of likely N-dealkylation sites (N-methyl/N-ethyl adjacent to an activating group) is 1. The first-order valence-electron chi connectivity index (χ1n) is 8.74. The number of carbonyl (C=O) groups is 1. The van der Waals surface area contributed by atoms with Gasteiger partial charge in [0, 0.05) is 56.9 Å². The largest absolute Gasteiger partial charge is 0.495 e. The second-order valence-electron chi connectivity index (χ2n) is 6.82. The summed E-state index contributed by atoms with van der Waals surface area (Å²) in [6.45, 7) is 5.50. The number of benzene rings is 1. The van der Waals surface area contributed by atoms with Crippen LogP contribution >= 0.6 is 0 Å². The maximum atomic E-state index is 12.7. The Kier molecular flexibility index (Phi) is 5.14. The monoisotopic (exact) mass is 332 g/mol. The van der Waals surface area contributed by atoms with Crippen LogP contribution in [0.4, 0.5) is 11.4 Å². The number of nitrogens with two attached hydrogens (primary N) is 1. The van der Waals surface area contributed by atoms with Crippen molar-refractivity contribution in [2.45, 2.75) is 12.8 Å².